The van der Waals surface area contributed by atoms with E-state index < -0.39 is 80.7 Å². The molecule has 1 amide bonds. The summed E-state index contributed by atoms with van der Waals surface area (Å²) in [6.07, 6.45) is -6.40. The number of carboxylic acids is 1. The molecule has 0 saturated carbocycles. The van der Waals surface area contributed by atoms with Gasteiger partial charge in [0.2, 0.25) is 5.85 Å². The monoisotopic (exact) mass is 539 g/mol. The Bertz CT molecular complexity index is 1320. The summed E-state index contributed by atoms with van der Waals surface area (Å²) in [5, 5.41) is 62.3. The van der Waals surface area contributed by atoms with Gasteiger partial charge in [-0.2, -0.15) is 19.9 Å². The molecule has 37 heavy (non-hydrogen) atoms. The highest BCUT2D eigenvalue weighted by atomic mass is 31.2. The lowest BCUT2D eigenvalue weighted by Crippen LogP contribution is -2.38. The number of fused-ring (bicyclic) bond motifs is 1. The van der Waals surface area contributed by atoms with Crippen LogP contribution in [0.1, 0.15) is 25.8 Å². The van der Waals surface area contributed by atoms with Crippen LogP contribution in [0.5, 0.6) is 0 Å². The molecular weight excluding hydrogens is 517 g/mol. The average Bonchev–Trinajstić information content (AvgIpc) is 3.36. The molecule has 0 aromatic carbocycles. The number of aliphatic hydroxyl groups excluding tert-OH is 2. The van der Waals surface area contributed by atoms with Gasteiger partial charge < -0.3 is 35.1 Å². The molecule has 1 aliphatic heterocycles. The first-order valence-corrected chi connectivity index (χ1v) is 11.8. The fourth-order valence-electron chi connectivity index (χ4n) is 3.36. The number of hydrogen-bond donors (Lipinski definition) is 5. The molecule has 6 unspecified atom stereocenters. The second-order valence-corrected chi connectivity index (χ2v) is 9.50. The summed E-state index contributed by atoms with van der Waals surface area (Å²) in [6.45, 7) is 2.49. The van der Waals surface area contributed by atoms with Crippen LogP contribution in [-0.2, 0) is 18.8 Å². The van der Waals surface area contributed by atoms with Gasteiger partial charge in [0.25, 0.3) is 5.56 Å². The molecule has 2 aromatic rings. The number of primary amides is 1. The van der Waals surface area contributed by atoms with Gasteiger partial charge in [0.05, 0.1) is 12.7 Å². The van der Waals surface area contributed by atoms with Crippen LogP contribution in [0, 0.1) is 22.7 Å². The van der Waals surface area contributed by atoms with Gasteiger partial charge in [-0.15, -0.1) is 10.2 Å². The number of nitrogens with zero attached hydrogens (tertiary/aromatic N) is 7. The quantitative estimate of drug-likeness (QED) is 0.198. The Balaban J connectivity index is 1.85. The zero-order valence-corrected chi connectivity index (χ0v) is 20.2. The molecule has 6 atom stereocenters. The molecule has 0 aliphatic carbocycles. The molecule has 198 valence electrons. The first-order valence-electron chi connectivity index (χ1n) is 10.5. The summed E-state index contributed by atoms with van der Waals surface area (Å²) >= 11 is 0. The van der Waals surface area contributed by atoms with E-state index in [4.69, 9.17) is 30.3 Å². The van der Waals surface area contributed by atoms with Crippen LogP contribution in [0.3, 0.4) is 0 Å². The Labute approximate surface area is 208 Å². The van der Waals surface area contributed by atoms with Gasteiger partial charge in [-0.3, -0.25) is 9.88 Å². The minimum atomic E-state index is -2.00. The van der Waals surface area contributed by atoms with Gasteiger partial charge in [-0.25, -0.2) is 9.59 Å². The first-order chi connectivity index (χ1) is 17.5. The van der Waals surface area contributed by atoms with Crippen LogP contribution in [0.25, 0.3) is 11.0 Å². The summed E-state index contributed by atoms with van der Waals surface area (Å²) in [4.78, 5) is 36.5. The molecule has 1 aliphatic rings. The zero-order valence-electron chi connectivity index (χ0n) is 19.3. The number of nitrogens with two attached hydrogens (primary N) is 1. The van der Waals surface area contributed by atoms with Crippen molar-refractivity contribution < 1.29 is 38.9 Å². The number of nitriles is 2. The maximum Gasteiger partial charge on any atom is 0.341 e. The van der Waals surface area contributed by atoms with Gasteiger partial charge in [0.1, 0.15) is 39.3 Å². The summed E-state index contributed by atoms with van der Waals surface area (Å²) in [6, 6.07) is 1.99. The third-order valence-electron chi connectivity index (χ3n) is 4.90. The van der Waals surface area contributed by atoms with E-state index in [0.717, 1.165) is 0 Å². The fraction of sp³-hybridized carbons (Fsp3) is 0.556. The SMILES string of the molecule is CC(C)NP(OCC#N)C(OCC1OC(n2nnc3c(C#N)nn(C(N)=O)c3c2=O)C(O)C1O)C(=O)O. The molecule has 0 radical (unpaired) electrons. The van der Waals surface area contributed by atoms with E-state index in [1.54, 1.807) is 26.0 Å². The van der Waals surface area contributed by atoms with Gasteiger partial charge in [0, 0.05) is 6.04 Å². The van der Waals surface area contributed by atoms with Gasteiger partial charge >= 0.3 is 12.0 Å². The van der Waals surface area contributed by atoms with Crippen LogP contribution in [0.2, 0.25) is 0 Å². The van der Waals surface area contributed by atoms with Crippen molar-refractivity contribution in [3.8, 4) is 12.1 Å². The molecule has 0 bridgehead atoms. The van der Waals surface area contributed by atoms with E-state index in [1.807, 2.05) is 0 Å². The third-order valence-corrected chi connectivity index (χ3v) is 6.88. The fourth-order valence-corrected chi connectivity index (χ4v) is 4.83. The number of amides is 1. The summed E-state index contributed by atoms with van der Waals surface area (Å²) in [5.41, 5.74) is 2.93. The number of nitrogens with one attached hydrogen (secondary N) is 1. The van der Waals surface area contributed by atoms with Crippen molar-refractivity contribution in [3.05, 3.63) is 16.0 Å². The van der Waals surface area contributed by atoms with Gasteiger partial charge in [0.15, 0.2) is 23.0 Å². The summed E-state index contributed by atoms with van der Waals surface area (Å²) < 4.78 is 17.2. The average molecular weight is 539 g/mol. The number of aromatic nitrogens is 5. The smallest absolute Gasteiger partial charge is 0.341 e. The van der Waals surface area contributed by atoms with Crippen LogP contribution < -0.4 is 16.4 Å². The standard InChI is InChI=1S/C18H22N9O9P/c1-7(2)24-37(35-4-3-19)17(16(31)32)34-6-9-12(28)13(29)15(36-9)27-14(30)11-10(22-25-27)8(5-20)23-26(11)18(21)33/h7,9,12-13,15,17,24,28-29H,4,6H2,1-2H3,(H2,21,33)(H,31,32). The maximum atomic E-state index is 13.0. The molecule has 2 aromatic heterocycles. The number of carbonyl (C=O) groups excluding carboxylic acids is 1. The van der Waals surface area contributed by atoms with E-state index >= 15 is 0 Å². The zero-order chi connectivity index (χ0) is 27.4. The van der Waals surface area contributed by atoms with Crippen LogP contribution in [0.15, 0.2) is 4.79 Å². The maximum absolute atomic E-state index is 13.0. The highest BCUT2D eigenvalue weighted by Gasteiger charge is 2.46. The minimum Gasteiger partial charge on any atom is -0.479 e. The molecule has 18 nitrogen and oxygen atoms in total. The molecular formula is C18H22N9O9P. The molecule has 6 N–H and O–H groups in total. The number of rotatable bonds is 10. The van der Waals surface area contributed by atoms with E-state index in [9.17, 15) is 29.7 Å². The molecule has 0 spiro atoms. The number of carboxylic acid groups (broad SMARTS) is 1. The number of aliphatic carboxylic acids is 1. The number of hydrogen-bond acceptors (Lipinski definition) is 14. The Morgan fingerprint density at radius 3 is 2.59 bits per heavy atom. The molecule has 1 saturated heterocycles. The molecule has 19 heteroatoms. The van der Waals surface area contributed by atoms with Crippen molar-refractivity contribution in [3.63, 3.8) is 0 Å². The topological polar surface area (TPSA) is 274 Å². The van der Waals surface area contributed by atoms with E-state index in [0.29, 0.717) is 9.36 Å². The third kappa shape index (κ3) is 5.71. The number of carbonyl (C=O) groups is 2. The predicted octanol–water partition coefficient (Wildman–Crippen LogP) is -2.32. The van der Waals surface area contributed by atoms with E-state index in [-0.39, 0.29) is 11.6 Å². The number of aliphatic hydroxyl groups is 2. The molecule has 3 rings (SSSR count). The Morgan fingerprint density at radius 2 is 2.03 bits per heavy atom. The number of ether oxygens (including phenoxy) is 2. The van der Waals surface area contributed by atoms with E-state index in [2.05, 4.69) is 20.5 Å². The van der Waals surface area contributed by atoms with Crippen molar-refractivity contribution in [2.24, 2.45) is 5.73 Å². The van der Waals surface area contributed by atoms with Crippen molar-refractivity contribution in [1.29, 1.82) is 10.5 Å². The van der Waals surface area contributed by atoms with Crippen molar-refractivity contribution in [2.45, 2.75) is 50.3 Å². The van der Waals surface area contributed by atoms with Crippen LogP contribution >= 0.6 is 8.30 Å². The molecule has 1 fully saturated rings. The van der Waals surface area contributed by atoms with Crippen molar-refractivity contribution in [1.82, 2.24) is 29.9 Å². The Morgan fingerprint density at radius 1 is 1.32 bits per heavy atom. The van der Waals surface area contributed by atoms with Crippen LogP contribution in [0.4, 0.5) is 4.79 Å². The second kappa shape index (κ2) is 11.6. The lowest BCUT2D eigenvalue weighted by Gasteiger charge is -2.26. The highest BCUT2D eigenvalue weighted by molar-refractivity contribution is 7.52. The van der Waals surface area contributed by atoms with Crippen molar-refractivity contribution >= 4 is 31.3 Å². The van der Waals surface area contributed by atoms with Gasteiger partial charge in [-0.05, 0) is 13.8 Å². The normalized spacial score (nSPS) is 23.0. The Kier molecular flexibility index (Phi) is 8.79. The predicted molar refractivity (Wildman–Crippen MR) is 119 cm³/mol. The second-order valence-electron chi connectivity index (χ2n) is 7.86. The highest BCUT2D eigenvalue weighted by Crippen LogP contribution is 2.40. The summed E-state index contributed by atoms with van der Waals surface area (Å²) in [5.74, 6) is -2.99. The Hall–Kier alpha value is -3.61. The summed E-state index contributed by atoms with van der Waals surface area (Å²) in [7, 11) is -2.00. The lowest BCUT2D eigenvalue weighted by molar-refractivity contribution is -0.148. The van der Waals surface area contributed by atoms with Crippen molar-refractivity contribution in [2.75, 3.05) is 13.2 Å². The van der Waals surface area contributed by atoms with Gasteiger partial charge in [-0.1, -0.05) is 5.21 Å². The first kappa shape index (κ1) is 28.0. The lowest BCUT2D eigenvalue weighted by atomic mass is 10.1. The molecule has 3 heterocycles. The van der Waals surface area contributed by atoms with E-state index in [1.165, 1.54) is 0 Å². The minimum absolute atomic E-state index is 0.217. The van der Waals surface area contributed by atoms with Crippen LogP contribution in [-0.4, -0.2) is 95.5 Å². The largest absolute Gasteiger partial charge is 0.479 e.